The van der Waals surface area contributed by atoms with Crippen LogP contribution in [0.3, 0.4) is 0 Å². The molecule has 0 bridgehead atoms. The summed E-state index contributed by atoms with van der Waals surface area (Å²) in [6.07, 6.45) is 4.16. The van der Waals surface area contributed by atoms with Crippen LogP contribution >= 0.6 is 11.3 Å². The zero-order chi connectivity index (χ0) is 12.5. The summed E-state index contributed by atoms with van der Waals surface area (Å²) >= 11 is 1.71. The van der Waals surface area contributed by atoms with Gasteiger partial charge >= 0.3 is 0 Å². The largest absolute Gasteiger partial charge is 0.395 e. The summed E-state index contributed by atoms with van der Waals surface area (Å²) in [5.74, 6) is 0. The first-order valence-corrected chi connectivity index (χ1v) is 7.13. The van der Waals surface area contributed by atoms with Gasteiger partial charge in [-0.15, -0.1) is 11.3 Å². The lowest BCUT2D eigenvalue weighted by Gasteiger charge is -2.19. The molecule has 0 aromatic carbocycles. The Morgan fingerprint density at radius 2 is 2.18 bits per heavy atom. The Morgan fingerprint density at radius 1 is 1.35 bits per heavy atom. The Balaban J connectivity index is 2.45. The summed E-state index contributed by atoms with van der Waals surface area (Å²) in [6.45, 7) is 8.15. The minimum atomic E-state index is 0.222. The molecule has 0 radical (unpaired) electrons. The van der Waals surface area contributed by atoms with Gasteiger partial charge in [0.1, 0.15) is 0 Å². The Morgan fingerprint density at radius 3 is 2.82 bits per heavy atom. The van der Waals surface area contributed by atoms with Crippen molar-refractivity contribution in [3.8, 4) is 0 Å². The van der Waals surface area contributed by atoms with Gasteiger partial charge in [-0.1, -0.05) is 13.8 Å². The number of nitrogens with one attached hydrogen (secondary N) is 1. The van der Waals surface area contributed by atoms with Crippen LogP contribution in [0.25, 0.3) is 0 Å². The number of hydrogen-bond acceptors (Lipinski definition) is 5. The van der Waals surface area contributed by atoms with Gasteiger partial charge < -0.3 is 10.4 Å². The van der Waals surface area contributed by atoms with Gasteiger partial charge in [0, 0.05) is 30.7 Å². The fourth-order valence-corrected chi connectivity index (χ4v) is 2.52. The van der Waals surface area contributed by atoms with Crippen LogP contribution in [0.15, 0.2) is 6.20 Å². The number of aliphatic hydroxyl groups excluding tert-OH is 1. The molecule has 5 heteroatoms. The van der Waals surface area contributed by atoms with Crippen molar-refractivity contribution in [2.45, 2.75) is 33.2 Å². The second-order valence-corrected chi connectivity index (χ2v) is 5.17. The van der Waals surface area contributed by atoms with Crippen LogP contribution in [0.1, 0.15) is 31.6 Å². The Hall–Kier alpha value is -0.650. The molecular formula is C12H23N3OS. The van der Waals surface area contributed by atoms with Crippen LogP contribution in [-0.4, -0.2) is 41.2 Å². The highest BCUT2D eigenvalue weighted by Crippen LogP contribution is 2.19. The maximum atomic E-state index is 9.00. The van der Waals surface area contributed by atoms with Crippen molar-refractivity contribution in [2.24, 2.45) is 0 Å². The summed E-state index contributed by atoms with van der Waals surface area (Å²) in [7, 11) is 0. The van der Waals surface area contributed by atoms with Gasteiger partial charge in [0.25, 0.3) is 0 Å². The lowest BCUT2D eigenvalue weighted by atomic mass is 10.4. The topological polar surface area (TPSA) is 48.4 Å². The van der Waals surface area contributed by atoms with Crippen molar-refractivity contribution in [1.29, 1.82) is 0 Å². The molecule has 0 aliphatic heterocycles. The molecule has 4 nitrogen and oxygen atoms in total. The Kier molecular flexibility index (Phi) is 7.16. The van der Waals surface area contributed by atoms with E-state index in [1.165, 1.54) is 4.88 Å². The van der Waals surface area contributed by atoms with Crippen molar-refractivity contribution in [1.82, 2.24) is 9.88 Å². The maximum absolute atomic E-state index is 9.00. The number of aromatic nitrogens is 1. The van der Waals surface area contributed by atoms with Crippen LogP contribution < -0.4 is 5.32 Å². The number of thiazole rings is 1. The van der Waals surface area contributed by atoms with E-state index >= 15 is 0 Å². The van der Waals surface area contributed by atoms with Crippen molar-refractivity contribution in [3.05, 3.63) is 11.1 Å². The van der Waals surface area contributed by atoms with E-state index in [1.807, 2.05) is 6.20 Å². The van der Waals surface area contributed by atoms with Gasteiger partial charge in [-0.05, 0) is 19.4 Å². The molecular weight excluding hydrogens is 234 g/mol. The second kappa shape index (κ2) is 8.44. The van der Waals surface area contributed by atoms with Gasteiger partial charge in [0.05, 0.1) is 6.61 Å². The molecule has 0 saturated heterocycles. The third-order valence-corrected chi connectivity index (χ3v) is 3.36. The SMILES string of the molecule is CCCNc1ncc(CN(CCC)CCO)s1. The first kappa shape index (κ1) is 14.4. The molecule has 17 heavy (non-hydrogen) atoms. The van der Waals surface area contributed by atoms with Crippen LogP contribution in [0, 0.1) is 0 Å². The Bertz CT molecular complexity index is 298. The number of hydrogen-bond donors (Lipinski definition) is 2. The van der Waals surface area contributed by atoms with Crippen molar-refractivity contribution >= 4 is 16.5 Å². The van der Waals surface area contributed by atoms with Crippen LogP contribution in [0.5, 0.6) is 0 Å². The fourth-order valence-electron chi connectivity index (χ4n) is 1.64. The van der Waals surface area contributed by atoms with E-state index in [9.17, 15) is 0 Å². The van der Waals surface area contributed by atoms with Gasteiger partial charge in [0.2, 0.25) is 0 Å². The van der Waals surface area contributed by atoms with Crippen molar-refractivity contribution in [3.63, 3.8) is 0 Å². The number of anilines is 1. The van der Waals surface area contributed by atoms with Crippen LogP contribution in [0.4, 0.5) is 5.13 Å². The molecule has 1 rings (SSSR count). The quantitative estimate of drug-likeness (QED) is 0.712. The number of aliphatic hydroxyl groups is 1. The first-order chi connectivity index (χ1) is 8.30. The minimum Gasteiger partial charge on any atom is -0.395 e. The van der Waals surface area contributed by atoms with Gasteiger partial charge in [-0.25, -0.2) is 4.98 Å². The first-order valence-electron chi connectivity index (χ1n) is 6.31. The van der Waals surface area contributed by atoms with E-state index in [0.717, 1.165) is 44.2 Å². The molecule has 1 aromatic rings. The average molecular weight is 257 g/mol. The van der Waals surface area contributed by atoms with E-state index in [0.29, 0.717) is 0 Å². The van der Waals surface area contributed by atoms with Crippen molar-refractivity contribution in [2.75, 3.05) is 31.6 Å². The normalized spacial score (nSPS) is 11.1. The lowest BCUT2D eigenvalue weighted by molar-refractivity contribution is 0.191. The summed E-state index contributed by atoms with van der Waals surface area (Å²) < 4.78 is 0. The highest BCUT2D eigenvalue weighted by atomic mass is 32.1. The van der Waals surface area contributed by atoms with Crippen LogP contribution in [-0.2, 0) is 6.54 Å². The van der Waals surface area contributed by atoms with E-state index in [-0.39, 0.29) is 6.61 Å². The minimum absolute atomic E-state index is 0.222. The second-order valence-electron chi connectivity index (χ2n) is 4.06. The average Bonchev–Trinajstić information content (AvgIpc) is 2.75. The lowest BCUT2D eigenvalue weighted by Crippen LogP contribution is -2.26. The molecule has 0 unspecified atom stereocenters. The molecule has 0 fully saturated rings. The molecule has 0 saturated carbocycles. The predicted molar refractivity (Wildman–Crippen MR) is 73.5 cm³/mol. The Labute approximate surface area is 108 Å². The third kappa shape index (κ3) is 5.48. The standard InChI is InChI=1S/C12H23N3OS/c1-3-5-13-12-14-9-11(17-12)10-15(6-4-2)7-8-16/h9,16H,3-8,10H2,1-2H3,(H,13,14). The monoisotopic (exact) mass is 257 g/mol. The zero-order valence-corrected chi connectivity index (χ0v) is 11.6. The maximum Gasteiger partial charge on any atom is 0.182 e. The molecule has 2 N–H and O–H groups in total. The molecule has 0 spiro atoms. The number of nitrogens with zero attached hydrogens (tertiary/aromatic N) is 2. The fraction of sp³-hybridized carbons (Fsp3) is 0.750. The molecule has 0 amide bonds. The molecule has 0 aliphatic rings. The molecule has 98 valence electrons. The van der Waals surface area contributed by atoms with Crippen LogP contribution in [0.2, 0.25) is 0 Å². The van der Waals surface area contributed by atoms with E-state index < -0.39 is 0 Å². The highest BCUT2D eigenvalue weighted by molar-refractivity contribution is 7.15. The zero-order valence-electron chi connectivity index (χ0n) is 10.8. The highest BCUT2D eigenvalue weighted by Gasteiger charge is 2.07. The van der Waals surface area contributed by atoms with E-state index in [1.54, 1.807) is 11.3 Å². The summed E-state index contributed by atoms with van der Waals surface area (Å²) in [5.41, 5.74) is 0. The van der Waals surface area contributed by atoms with Gasteiger partial charge in [-0.3, -0.25) is 4.90 Å². The van der Waals surface area contributed by atoms with Crippen molar-refractivity contribution < 1.29 is 5.11 Å². The number of rotatable bonds is 9. The summed E-state index contributed by atoms with van der Waals surface area (Å²) in [4.78, 5) is 7.86. The molecule has 1 aromatic heterocycles. The van der Waals surface area contributed by atoms with E-state index in [4.69, 9.17) is 5.11 Å². The van der Waals surface area contributed by atoms with Gasteiger partial charge in [-0.2, -0.15) is 0 Å². The predicted octanol–water partition coefficient (Wildman–Crippen LogP) is 2.17. The summed E-state index contributed by atoms with van der Waals surface area (Å²) in [6, 6.07) is 0. The molecule has 0 aliphatic carbocycles. The third-order valence-electron chi connectivity index (χ3n) is 2.42. The smallest absolute Gasteiger partial charge is 0.182 e. The van der Waals surface area contributed by atoms with Gasteiger partial charge in [0.15, 0.2) is 5.13 Å². The summed E-state index contributed by atoms with van der Waals surface area (Å²) in [5, 5.41) is 13.3. The van der Waals surface area contributed by atoms with E-state index in [2.05, 4.69) is 29.0 Å². The molecule has 1 heterocycles. The molecule has 0 atom stereocenters.